The van der Waals surface area contributed by atoms with E-state index in [9.17, 15) is 9.59 Å². The van der Waals surface area contributed by atoms with Crippen LogP contribution >= 0.6 is 23.1 Å². The highest BCUT2D eigenvalue weighted by Crippen LogP contribution is 2.36. The summed E-state index contributed by atoms with van der Waals surface area (Å²) in [6.45, 7) is 4.13. The summed E-state index contributed by atoms with van der Waals surface area (Å²) in [6.07, 6.45) is 5.96. The Morgan fingerprint density at radius 2 is 2.00 bits per heavy atom. The van der Waals surface area contributed by atoms with Gasteiger partial charge in [-0.2, -0.15) is 0 Å². The first kappa shape index (κ1) is 22.9. The fourth-order valence-corrected chi connectivity index (χ4v) is 6.32. The second-order valence-electron chi connectivity index (χ2n) is 7.97. The van der Waals surface area contributed by atoms with E-state index in [2.05, 4.69) is 19.2 Å². The number of carbonyl (C=O) groups is 1. The van der Waals surface area contributed by atoms with Gasteiger partial charge in [-0.05, 0) is 56.2 Å². The first-order valence-electron chi connectivity index (χ1n) is 11.2. The number of ether oxygens (including phenoxy) is 1. The van der Waals surface area contributed by atoms with E-state index in [1.807, 2.05) is 24.3 Å². The number of carbonyl (C=O) groups excluding carboxylic acids is 1. The number of hydrogen-bond donors (Lipinski definition) is 1. The SMILES string of the molecule is CCC(CC)NC(=O)CSc1nc2sc3c(c2c(=O)n1-c1ccccc1OC)CCCC3. The maximum Gasteiger partial charge on any atom is 0.267 e. The van der Waals surface area contributed by atoms with Gasteiger partial charge in [0.1, 0.15) is 10.6 Å². The molecule has 6 nitrogen and oxygen atoms in total. The van der Waals surface area contributed by atoms with E-state index in [-0.39, 0.29) is 23.3 Å². The van der Waals surface area contributed by atoms with E-state index in [1.165, 1.54) is 16.6 Å². The lowest BCUT2D eigenvalue weighted by atomic mass is 9.97. The molecule has 1 N–H and O–H groups in total. The molecule has 1 aliphatic rings. The second kappa shape index (κ2) is 10.1. The summed E-state index contributed by atoms with van der Waals surface area (Å²) in [6, 6.07) is 7.62. The number of thioether (sulfide) groups is 1. The summed E-state index contributed by atoms with van der Waals surface area (Å²) < 4.78 is 7.17. The van der Waals surface area contributed by atoms with Gasteiger partial charge in [0.05, 0.1) is 23.9 Å². The molecule has 0 spiro atoms. The molecule has 0 saturated heterocycles. The van der Waals surface area contributed by atoms with Crippen LogP contribution in [0.25, 0.3) is 15.9 Å². The smallest absolute Gasteiger partial charge is 0.267 e. The van der Waals surface area contributed by atoms with Gasteiger partial charge in [0.25, 0.3) is 5.56 Å². The summed E-state index contributed by atoms with van der Waals surface area (Å²) in [4.78, 5) is 33.3. The molecule has 0 radical (unpaired) electrons. The maximum absolute atomic E-state index is 13.8. The highest BCUT2D eigenvalue weighted by atomic mass is 32.2. The molecule has 1 amide bonds. The highest BCUT2D eigenvalue weighted by molar-refractivity contribution is 7.99. The first-order chi connectivity index (χ1) is 15.6. The number of nitrogens with one attached hydrogen (secondary N) is 1. The summed E-state index contributed by atoms with van der Waals surface area (Å²) >= 11 is 2.92. The van der Waals surface area contributed by atoms with Crippen LogP contribution in [-0.2, 0) is 17.6 Å². The van der Waals surface area contributed by atoms with E-state index < -0.39 is 0 Å². The zero-order valence-electron chi connectivity index (χ0n) is 18.8. The van der Waals surface area contributed by atoms with E-state index in [0.717, 1.165) is 54.3 Å². The summed E-state index contributed by atoms with van der Waals surface area (Å²) in [5.74, 6) is 0.757. The molecule has 170 valence electrons. The fraction of sp³-hybridized carbons (Fsp3) is 0.458. The lowest BCUT2D eigenvalue weighted by molar-refractivity contribution is -0.119. The summed E-state index contributed by atoms with van der Waals surface area (Å²) in [7, 11) is 1.60. The molecule has 8 heteroatoms. The van der Waals surface area contributed by atoms with E-state index in [1.54, 1.807) is 23.0 Å². The average molecular weight is 472 g/mol. The van der Waals surface area contributed by atoms with Crippen molar-refractivity contribution in [3.05, 3.63) is 45.1 Å². The van der Waals surface area contributed by atoms with Crippen molar-refractivity contribution in [2.75, 3.05) is 12.9 Å². The zero-order chi connectivity index (χ0) is 22.7. The summed E-state index contributed by atoms with van der Waals surface area (Å²) in [5, 5.41) is 4.31. The minimum Gasteiger partial charge on any atom is -0.495 e. The molecule has 0 unspecified atom stereocenters. The number of methoxy groups -OCH3 is 1. The molecular formula is C24H29N3O3S2. The number of hydrogen-bond acceptors (Lipinski definition) is 6. The Morgan fingerprint density at radius 3 is 2.75 bits per heavy atom. The second-order valence-corrected chi connectivity index (χ2v) is 9.99. The van der Waals surface area contributed by atoms with Crippen molar-refractivity contribution in [2.24, 2.45) is 0 Å². The van der Waals surface area contributed by atoms with Crippen LogP contribution in [0.3, 0.4) is 0 Å². The average Bonchev–Trinajstić information content (AvgIpc) is 3.20. The molecule has 0 fully saturated rings. The lowest BCUT2D eigenvalue weighted by Gasteiger charge is -2.17. The van der Waals surface area contributed by atoms with Crippen molar-refractivity contribution in [3.8, 4) is 11.4 Å². The third-order valence-corrected chi connectivity index (χ3v) is 8.09. The highest BCUT2D eigenvalue weighted by Gasteiger charge is 2.24. The maximum atomic E-state index is 13.8. The normalized spacial score (nSPS) is 13.4. The Kier molecular flexibility index (Phi) is 7.20. The van der Waals surface area contributed by atoms with Crippen molar-refractivity contribution < 1.29 is 9.53 Å². The Hall–Kier alpha value is -2.32. The number of aromatic nitrogens is 2. The Balaban J connectivity index is 1.80. The van der Waals surface area contributed by atoms with E-state index in [4.69, 9.17) is 9.72 Å². The largest absolute Gasteiger partial charge is 0.495 e. The number of para-hydroxylation sites is 2. The van der Waals surface area contributed by atoms with Crippen LogP contribution in [0.2, 0.25) is 0 Å². The van der Waals surface area contributed by atoms with Crippen LogP contribution in [0.1, 0.15) is 50.0 Å². The van der Waals surface area contributed by atoms with E-state index >= 15 is 0 Å². The quantitative estimate of drug-likeness (QED) is 0.380. The predicted octanol–water partition coefficient (Wildman–Crippen LogP) is 4.73. The molecule has 3 aromatic rings. The van der Waals surface area contributed by atoms with Gasteiger partial charge in [0, 0.05) is 10.9 Å². The monoisotopic (exact) mass is 471 g/mol. The van der Waals surface area contributed by atoms with E-state index in [0.29, 0.717) is 16.6 Å². The predicted molar refractivity (Wildman–Crippen MR) is 132 cm³/mol. The van der Waals surface area contributed by atoms with Gasteiger partial charge in [-0.3, -0.25) is 14.2 Å². The van der Waals surface area contributed by atoms with Gasteiger partial charge >= 0.3 is 0 Å². The standard InChI is InChI=1S/C24H29N3O3S2/c1-4-15(5-2)25-20(28)14-31-24-26-22-21(16-10-6-9-13-19(16)32-22)23(29)27(24)17-11-7-8-12-18(17)30-3/h7-8,11-12,15H,4-6,9-10,13-14H2,1-3H3,(H,25,28). The van der Waals surface area contributed by atoms with Gasteiger partial charge in [-0.25, -0.2) is 4.98 Å². The molecule has 1 aliphatic carbocycles. The number of rotatable bonds is 8. The molecule has 0 saturated carbocycles. The lowest BCUT2D eigenvalue weighted by Crippen LogP contribution is -2.35. The van der Waals surface area contributed by atoms with Gasteiger partial charge < -0.3 is 10.1 Å². The van der Waals surface area contributed by atoms with Crippen LogP contribution in [0.5, 0.6) is 5.75 Å². The van der Waals surface area contributed by atoms with Crippen LogP contribution < -0.4 is 15.6 Å². The minimum absolute atomic E-state index is 0.0462. The molecule has 4 rings (SSSR count). The minimum atomic E-state index is -0.0817. The number of aryl methyl sites for hydroxylation is 2. The third kappa shape index (κ3) is 4.43. The van der Waals surface area contributed by atoms with Crippen LogP contribution in [0.15, 0.2) is 34.2 Å². The van der Waals surface area contributed by atoms with Crippen LogP contribution in [0, 0.1) is 0 Å². The fourth-order valence-electron chi connectivity index (χ4n) is 4.20. The molecule has 0 atom stereocenters. The molecule has 1 aromatic carbocycles. The van der Waals surface area contributed by atoms with Crippen molar-refractivity contribution in [2.45, 2.75) is 63.6 Å². The van der Waals surface area contributed by atoms with Crippen LogP contribution in [0.4, 0.5) is 0 Å². The van der Waals surface area contributed by atoms with Crippen molar-refractivity contribution >= 4 is 39.2 Å². The number of thiophene rings is 1. The molecule has 32 heavy (non-hydrogen) atoms. The Bertz CT molecular complexity index is 1180. The molecule has 0 bridgehead atoms. The van der Waals surface area contributed by atoms with Crippen molar-refractivity contribution in [1.29, 1.82) is 0 Å². The molecule has 2 heterocycles. The number of nitrogens with zero attached hydrogens (tertiary/aromatic N) is 2. The van der Waals surface area contributed by atoms with Gasteiger partial charge in [0.2, 0.25) is 5.91 Å². The van der Waals surface area contributed by atoms with Gasteiger partial charge in [0.15, 0.2) is 5.16 Å². The summed E-state index contributed by atoms with van der Waals surface area (Å²) in [5.41, 5.74) is 1.72. The first-order valence-corrected chi connectivity index (χ1v) is 13.0. The van der Waals surface area contributed by atoms with Crippen LogP contribution in [-0.4, -0.2) is 34.4 Å². The van der Waals surface area contributed by atoms with Crippen molar-refractivity contribution in [1.82, 2.24) is 14.9 Å². The third-order valence-electron chi connectivity index (χ3n) is 5.97. The number of fused-ring (bicyclic) bond motifs is 3. The van der Waals surface area contributed by atoms with Crippen molar-refractivity contribution in [3.63, 3.8) is 0 Å². The molecule has 2 aromatic heterocycles. The number of benzene rings is 1. The van der Waals surface area contributed by atoms with Gasteiger partial charge in [-0.15, -0.1) is 11.3 Å². The Labute approximate surface area is 196 Å². The Morgan fingerprint density at radius 1 is 1.25 bits per heavy atom. The molecule has 0 aliphatic heterocycles. The van der Waals surface area contributed by atoms with Gasteiger partial charge in [-0.1, -0.05) is 37.7 Å². The zero-order valence-corrected chi connectivity index (χ0v) is 20.4. The number of amides is 1. The topological polar surface area (TPSA) is 73.2 Å². The molecular weight excluding hydrogens is 442 g/mol.